The van der Waals surface area contributed by atoms with Gasteiger partial charge in [0.2, 0.25) is 0 Å². The Morgan fingerprint density at radius 3 is 1.43 bits per heavy atom. The molecule has 0 N–H and O–H groups in total. The molecule has 0 saturated heterocycles. The van der Waals surface area contributed by atoms with Crippen molar-refractivity contribution in [3.8, 4) is 34.6 Å². The summed E-state index contributed by atoms with van der Waals surface area (Å²) in [5.41, 5.74) is 12.0. The first kappa shape index (κ1) is 34.0. The van der Waals surface area contributed by atoms with Gasteiger partial charge in [0.15, 0.2) is 0 Å². The van der Waals surface area contributed by atoms with Crippen molar-refractivity contribution in [3.63, 3.8) is 0 Å². The van der Waals surface area contributed by atoms with Gasteiger partial charge in [-0.05, 0) is 47.7 Å². The lowest BCUT2D eigenvalue weighted by Crippen LogP contribution is -2.31. The van der Waals surface area contributed by atoms with Gasteiger partial charge in [-0.1, -0.05) is 163 Å². The van der Waals surface area contributed by atoms with Gasteiger partial charge in [-0.15, -0.1) is 0 Å². The van der Waals surface area contributed by atoms with Crippen molar-refractivity contribution in [3.05, 3.63) is 204 Å². The summed E-state index contributed by atoms with van der Waals surface area (Å²) in [6, 6.07) is 60.7. The SMILES string of the molecule is Cc1ccc(-c2c(-n3c4ccccc4c4ccccc43)c(C#N)c(N3c4c(ccc5ccccc45)C4C=CC=CC43)c(C#N)c2-n2c3ccccc3c3ccccc32)cc1. The Morgan fingerprint density at radius 1 is 0.450 bits per heavy atom. The Morgan fingerprint density at radius 2 is 0.917 bits per heavy atom. The van der Waals surface area contributed by atoms with E-state index in [4.69, 9.17) is 0 Å². The van der Waals surface area contributed by atoms with E-state index in [1.807, 2.05) is 0 Å². The van der Waals surface area contributed by atoms with Crippen LogP contribution in [-0.2, 0) is 0 Å². The van der Waals surface area contributed by atoms with Gasteiger partial charge in [-0.3, -0.25) is 0 Å². The molecule has 5 heteroatoms. The highest BCUT2D eigenvalue weighted by Gasteiger charge is 2.43. The first-order valence-corrected chi connectivity index (χ1v) is 20.4. The molecule has 1 aliphatic heterocycles. The maximum absolute atomic E-state index is 12.0. The average molecular weight is 766 g/mol. The predicted octanol–water partition coefficient (Wildman–Crippen LogP) is 13.5. The van der Waals surface area contributed by atoms with Crippen LogP contribution in [0.4, 0.5) is 11.4 Å². The molecule has 8 aromatic carbocycles. The minimum Gasteiger partial charge on any atom is -0.330 e. The normalized spacial score (nSPS) is 15.6. The molecule has 12 rings (SSSR count). The smallest absolute Gasteiger partial charge is 0.104 e. The van der Waals surface area contributed by atoms with E-state index >= 15 is 0 Å². The second-order valence-corrected chi connectivity index (χ2v) is 15.9. The molecule has 2 unspecified atom stereocenters. The number of nitriles is 2. The lowest BCUT2D eigenvalue weighted by molar-refractivity contribution is 0.743. The third-order valence-corrected chi connectivity index (χ3v) is 12.8. The number of rotatable bonds is 4. The molecule has 0 spiro atoms. The van der Waals surface area contributed by atoms with Crippen molar-refractivity contribution in [2.45, 2.75) is 18.9 Å². The van der Waals surface area contributed by atoms with E-state index in [-0.39, 0.29) is 12.0 Å². The van der Waals surface area contributed by atoms with Gasteiger partial charge >= 0.3 is 0 Å². The standard InChI is InChI=1S/C55H35N5/c1-34-26-28-36(29-27-34)51-54(58-46-21-9-4-16-38(46)39-17-5-10-22-47(39)58)44(32-56)53(45(33-57)55(51)59-48-23-11-6-18-40(48)41-19-7-12-24-49(41)59)60-50-25-13-8-20-42(50)43-31-30-35-14-2-3-15-37(35)52(43)60/h2-31,42,50H,1H3. The Balaban J connectivity index is 1.37. The molecule has 3 heterocycles. The number of fused-ring (bicyclic) bond motifs is 11. The summed E-state index contributed by atoms with van der Waals surface area (Å²) < 4.78 is 4.57. The first-order chi connectivity index (χ1) is 29.7. The largest absolute Gasteiger partial charge is 0.330 e. The summed E-state index contributed by atoms with van der Waals surface area (Å²) in [5.74, 6) is 0.0119. The molecule has 0 bridgehead atoms. The number of benzene rings is 8. The molecule has 60 heavy (non-hydrogen) atoms. The van der Waals surface area contributed by atoms with Crippen LogP contribution in [0.1, 0.15) is 28.2 Å². The van der Waals surface area contributed by atoms with Gasteiger partial charge in [-0.25, -0.2) is 0 Å². The van der Waals surface area contributed by atoms with Gasteiger partial charge in [0.05, 0.1) is 50.9 Å². The van der Waals surface area contributed by atoms with Gasteiger partial charge in [0.25, 0.3) is 0 Å². The van der Waals surface area contributed by atoms with Crippen LogP contribution >= 0.6 is 0 Å². The monoisotopic (exact) mass is 765 g/mol. The number of aromatic nitrogens is 2. The Hall–Kier alpha value is -8.12. The number of allylic oxidation sites excluding steroid dienone is 2. The van der Waals surface area contributed by atoms with Crippen molar-refractivity contribution in [2.24, 2.45) is 0 Å². The van der Waals surface area contributed by atoms with Gasteiger partial charge in [-0.2, -0.15) is 10.5 Å². The van der Waals surface area contributed by atoms with Crippen molar-refractivity contribution in [2.75, 3.05) is 4.90 Å². The number of anilines is 2. The second kappa shape index (κ2) is 12.9. The van der Waals surface area contributed by atoms with Crippen LogP contribution in [-0.4, -0.2) is 15.2 Å². The zero-order valence-electron chi connectivity index (χ0n) is 32.7. The van der Waals surface area contributed by atoms with Crippen LogP contribution in [0.5, 0.6) is 0 Å². The lowest BCUT2D eigenvalue weighted by Gasteiger charge is -2.34. The third kappa shape index (κ3) is 4.60. The lowest BCUT2D eigenvalue weighted by atomic mass is 9.89. The van der Waals surface area contributed by atoms with Crippen LogP contribution in [0, 0.1) is 29.6 Å². The zero-order chi connectivity index (χ0) is 40.1. The number of para-hydroxylation sites is 4. The second-order valence-electron chi connectivity index (χ2n) is 15.9. The van der Waals surface area contributed by atoms with Gasteiger partial charge in [0, 0.05) is 38.4 Å². The molecule has 2 aliphatic rings. The number of hydrogen-bond acceptors (Lipinski definition) is 3. The van der Waals surface area contributed by atoms with Crippen molar-refractivity contribution >= 4 is 65.8 Å². The quantitative estimate of drug-likeness (QED) is 0.179. The van der Waals surface area contributed by atoms with Crippen molar-refractivity contribution in [1.29, 1.82) is 10.5 Å². The zero-order valence-corrected chi connectivity index (χ0v) is 32.7. The molecule has 0 radical (unpaired) electrons. The summed E-state index contributed by atoms with van der Waals surface area (Å²) >= 11 is 0. The minimum atomic E-state index is -0.183. The molecule has 2 aromatic heterocycles. The van der Waals surface area contributed by atoms with Crippen LogP contribution in [0.2, 0.25) is 0 Å². The number of aryl methyl sites for hydroxylation is 1. The van der Waals surface area contributed by atoms with E-state index in [2.05, 4.69) is 215 Å². The van der Waals surface area contributed by atoms with E-state index in [9.17, 15) is 10.5 Å². The fourth-order valence-corrected chi connectivity index (χ4v) is 10.3. The molecule has 0 fully saturated rings. The van der Waals surface area contributed by atoms with Crippen LogP contribution in [0.25, 0.3) is 76.9 Å². The van der Waals surface area contributed by atoms with Gasteiger partial charge in [0.1, 0.15) is 23.3 Å². The number of nitrogens with zero attached hydrogens (tertiary/aromatic N) is 5. The third-order valence-electron chi connectivity index (χ3n) is 12.8. The molecule has 1 aliphatic carbocycles. The summed E-state index contributed by atoms with van der Waals surface area (Å²) in [5, 5.41) is 30.6. The summed E-state index contributed by atoms with van der Waals surface area (Å²) in [6.07, 6.45) is 8.71. The molecule has 0 amide bonds. The maximum atomic E-state index is 12.0. The maximum Gasteiger partial charge on any atom is 0.104 e. The molecule has 0 saturated carbocycles. The highest BCUT2D eigenvalue weighted by molar-refractivity contribution is 6.14. The predicted molar refractivity (Wildman–Crippen MR) is 246 cm³/mol. The van der Waals surface area contributed by atoms with E-state index in [0.29, 0.717) is 16.8 Å². The molecular weight excluding hydrogens is 731 g/mol. The van der Waals surface area contributed by atoms with E-state index in [1.165, 1.54) is 5.56 Å². The van der Waals surface area contributed by atoms with Crippen LogP contribution in [0.15, 0.2) is 182 Å². The van der Waals surface area contributed by atoms with E-state index in [1.54, 1.807) is 0 Å². The Kier molecular flexibility index (Phi) is 7.33. The fraction of sp³-hybridized carbons (Fsp3) is 0.0545. The summed E-state index contributed by atoms with van der Waals surface area (Å²) in [6.45, 7) is 2.09. The molecule has 2 atom stereocenters. The average Bonchev–Trinajstić information content (AvgIpc) is 3.94. The molecule has 10 aromatic rings. The first-order valence-electron chi connectivity index (χ1n) is 20.4. The van der Waals surface area contributed by atoms with E-state index in [0.717, 1.165) is 88.1 Å². The van der Waals surface area contributed by atoms with Gasteiger partial charge < -0.3 is 14.0 Å². The summed E-state index contributed by atoms with van der Waals surface area (Å²) in [4.78, 5) is 2.33. The van der Waals surface area contributed by atoms with E-state index < -0.39 is 0 Å². The highest BCUT2D eigenvalue weighted by Crippen LogP contribution is 2.56. The topological polar surface area (TPSA) is 60.7 Å². The molecule has 280 valence electrons. The van der Waals surface area contributed by atoms with Crippen molar-refractivity contribution in [1.82, 2.24) is 9.13 Å². The Labute approximate surface area is 346 Å². The fourth-order valence-electron chi connectivity index (χ4n) is 10.3. The van der Waals surface area contributed by atoms with Crippen LogP contribution < -0.4 is 4.90 Å². The number of hydrogen-bond donors (Lipinski definition) is 0. The van der Waals surface area contributed by atoms with Crippen LogP contribution in [0.3, 0.4) is 0 Å². The Bertz CT molecular complexity index is 3340. The summed E-state index contributed by atoms with van der Waals surface area (Å²) in [7, 11) is 0. The minimum absolute atomic E-state index is 0.0119. The molecular formula is C55H35N5. The molecule has 5 nitrogen and oxygen atoms in total. The van der Waals surface area contributed by atoms with Crippen molar-refractivity contribution < 1.29 is 0 Å². The highest BCUT2D eigenvalue weighted by atomic mass is 15.2.